The predicted molar refractivity (Wildman–Crippen MR) is 68.3 cm³/mol. The largest absolute Gasteiger partial charge is 0.480 e. The van der Waals surface area contributed by atoms with Gasteiger partial charge < -0.3 is 4.13 Å². The number of alkyl halides is 6. The summed E-state index contributed by atoms with van der Waals surface area (Å²) in [5.74, 6) is 0. The summed E-state index contributed by atoms with van der Waals surface area (Å²) >= 11 is 0. The van der Waals surface area contributed by atoms with Crippen LogP contribution in [0.15, 0.2) is 24.6 Å². The molecule has 0 fully saturated rings. The van der Waals surface area contributed by atoms with Crippen LogP contribution in [0, 0.1) is 0 Å². The summed E-state index contributed by atoms with van der Waals surface area (Å²) in [4.78, 5) is 0. The number of allylic oxidation sites excluding steroid dienone is 2. The molecule has 23 heavy (non-hydrogen) atoms. The van der Waals surface area contributed by atoms with Crippen LogP contribution in [-0.2, 0) is 20.0 Å². The van der Waals surface area contributed by atoms with Crippen LogP contribution >= 0.6 is 0 Å². The van der Waals surface area contributed by atoms with E-state index in [-0.39, 0.29) is 0 Å². The molecule has 14 heteroatoms. The van der Waals surface area contributed by atoms with E-state index in [1.54, 1.807) is 0 Å². The Kier molecular flexibility index (Phi) is 6.45. The molecule has 0 atom stereocenters. The van der Waals surface area contributed by atoms with E-state index in [1.807, 2.05) is 0 Å². The van der Waals surface area contributed by atoms with Gasteiger partial charge in [0, 0.05) is 0 Å². The van der Waals surface area contributed by atoms with Gasteiger partial charge >= 0.3 is 11.0 Å². The van der Waals surface area contributed by atoms with E-state index < -0.39 is 31.1 Å². The van der Waals surface area contributed by atoms with E-state index in [0.717, 1.165) is 15.2 Å². The topological polar surface area (TPSA) is 82.4 Å². The molecule has 1 aliphatic heterocycles. The summed E-state index contributed by atoms with van der Waals surface area (Å²) in [5, 5.41) is 0. The van der Waals surface area contributed by atoms with E-state index in [2.05, 4.69) is 38.5 Å². The van der Waals surface area contributed by atoms with E-state index in [0.29, 0.717) is 0 Å². The second-order valence-electron chi connectivity index (χ2n) is 4.26. The third-order valence-electron chi connectivity index (χ3n) is 2.43. The Hall–Kier alpha value is -1.12. The molecule has 0 aromatic carbocycles. The number of rotatable bonds is 3. The van der Waals surface area contributed by atoms with Gasteiger partial charge in [-0.05, 0) is 19.1 Å². The van der Waals surface area contributed by atoms with Gasteiger partial charge in [-0.1, -0.05) is 0 Å². The van der Waals surface area contributed by atoms with Crippen LogP contribution in [0.2, 0.25) is 0 Å². The maximum atomic E-state index is 11.4. The molecule has 1 heterocycles. The fourth-order valence-electron chi connectivity index (χ4n) is 0.967. The standard InChI is InChI=1S/C7H12N.C2F6NO4S2/c1-3-8(2)6-4-5-7-8;3-1(4,5)14(10,11)9-15(12,13)2(6,7)8/h4-7H,3H2,1-2H3;/q+1;-1. The lowest BCUT2D eigenvalue weighted by molar-refractivity contribution is -0.801. The summed E-state index contributed by atoms with van der Waals surface area (Å²) in [5.41, 5.74) is -12.4. The van der Waals surface area contributed by atoms with Crippen LogP contribution in [-0.4, -0.2) is 45.9 Å². The highest BCUT2D eigenvalue weighted by molar-refractivity contribution is 8.13. The normalized spacial score (nSPS) is 17.7. The number of hydrogen-bond acceptors (Lipinski definition) is 4. The smallest absolute Gasteiger partial charge is 0.421 e. The van der Waals surface area contributed by atoms with Crippen molar-refractivity contribution in [3.63, 3.8) is 0 Å². The van der Waals surface area contributed by atoms with Crippen LogP contribution < -0.4 is 0 Å². The maximum absolute atomic E-state index is 11.4. The quantitative estimate of drug-likeness (QED) is 0.548. The molecule has 0 N–H and O–H groups in total. The van der Waals surface area contributed by atoms with Crippen LogP contribution in [0.5, 0.6) is 0 Å². The summed E-state index contributed by atoms with van der Waals surface area (Å²) in [6.45, 7) is 3.33. The molecule has 0 aliphatic carbocycles. The summed E-state index contributed by atoms with van der Waals surface area (Å²) in [6, 6.07) is 0. The van der Waals surface area contributed by atoms with Crippen molar-refractivity contribution >= 4 is 20.0 Å². The Morgan fingerprint density at radius 3 is 1.35 bits per heavy atom. The summed E-state index contributed by atoms with van der Waals surface area (Å²) < 4.78 is 110. The van der Waals surface area contributed by atoms with Gasteiger partial charge in [0.05, 0.1) is 13.6 Å². The second-order valence-corrected chi connectivity index (χ2v) is 7.68. The molecule has 0 radical (unpaired) electrons. The molecule has 0 unspecified atom stereocenters. The van der Waals surface area contributed by atoms with Crippen molar-refractivity contribution in [1.29, 1.82) is 0 Å². The monoisotopic (exact) mass is 390 g/mol. The molecule has 136 valence electrons. The van der Waals surface area contributed by atoms with Crippen LogP contribution in [0.4, 0.5) is 26.3 Å². The molecular formula is C9H12F6N2O4S2. The van der Waals surface area contributed by atoms with E-state index in [4.69, 9.17) is 0 Å². The van der Waals surface area contributed by atoms with E-state index >= 15 is 0 Å². The average molecular weight is 390 g/mol. The highest BCUT2D eigenvalue weighted by atomic mass is 32.3. The molecule has 0 aromatic rings. The molecule has 1 rings (SSSR count). The van der Waals surface area contributed by atoms with Crippen molar-refractivity contribution in [3.05, 3.63) is 28.7 Å². The molecule has 0 spiro atoms. The van der Waals surface area contributed by atoms with Crippen molar-refractivity contribution in [3.8, 4) is 0 Å². The fourth-order valence-corrected chi connectivity index (χ4v) is 2.68. The first-order chi connectivity index (χ1) is 9.97. The predicted octanol–water partition coefficient (Wildman–Crippen LogP) is 2.55. The van der Waals surface area contributed by atoms with Gasteiger partial charge in [-0.2, -0.15) is 26.3 Å². The molecule has 0 aromatic heterocycles. The lowest BCUT2D eigenvalue weighted by Gasteiger charge is -2.22. The van der Waals surface area contributed by atoms with Crippen LogP contribution in [0.1, 0.15) is 6.92 Å². The molecule has 6 nitrogen and oxygen atoms in total. The van der Waals surface area contributed by atoms with Crippen LogP contribution in [0.3, 0.4) is 0 Å². The number of nitrogens with zero attached hydrogens (tertiary/aromatic N) is 2. The minimum atomic E-state index is -6.72. The van der Waals surface area contributed by atoms with E-state index in [9.17, 15) is 43.2 Å². The lowest BCUT2D eigenvalue weighted by atomic mass is 10.5. The first kappa shape index (κ1) is 21.9. The van der Waals surface area contributed by atoms with Gasteiger partial charge in [0.25, 0.3) is 0 Å². The number of hydrogen-bond donors (Lipinski definition) is 0. The second kappa shape index (κ2) is 6.78. The third-order valence-corrected chi connectivity index (χ3v) is 5.17. The van der Waals surface area contributed by atoms with Crippen molar-refractivity contribution in [2.24, 2.45) is 0 Å². The Morgan fingerprint density at radius 1 is 0.870 bits per heavy atom. The Bertz CT molecular complexity index is 622. The molecular weight excluding hydrogens is 378 g/mol. The first-order valence-corrected chi connectivity index (χ1v) is 8.44. The molecule has 0 bridgehead atoms. The fraction of sp³-hybridized carbons (Fsp3) is 0.556. The highest BCUT2D eigenvalue weighted by Crippen LogP contribution is 2.36. The lowest BCUT2D eigenvalue weighted by Crippen LogP contribution is -2.30. The average Bonchev–Trinajstić information content (AvgIpc) is 2.73. The zero-order valence-corrected chi connectivity index (χ0v) is 13.3. The van der Waals surface area contributed by atoms with Crippen molar-refractivity contribution in [2.75, 3.05) is 13.6 Å². The third kappa shape index (κ3) is 6.12. The van der Waals surface area contributed by atoms with Gasteiger partial charge in [0.15, 0.2) is 20.0 Å². The summed E-state index contributed by atoms with van der Waals surface area (Å²) in [7, 11) is -11.3. The van der Waals surface area contributed by atoms with Crippen molar-refractivity contribution in [1.82, 2.24) is 0 Å². The number of halogens is 6. The zero-order chi connectivity index (χ0) is 18.7. The number of sulfonamides is 2. The molecule has 1 aliphatic rings. The summed E-state index contributed by atoms with van der Waals surface area (Å²) in [6.07, 6.45) is 8.53. The van der Waals surface area contributed by atoms with Gasteiger partial charge in [-0.3, -0.25) is 4.48 Å². The van der Waals surface area contributed by atoms with Crippen molar-refractivity contribution in [2.45, 2.75) is 17.9 Å². The highest BCUT2D eigenvalue weighted by Gasteiger charge is 2.46. The van der Waals surface area contributed by atoms with Crippen LogP contribution in [0.25, 0.3) is 4.13 Å². The zero-order valence-electron chi connectivity index (χ0n) is 11.6. The SMILES string of the molecule is CC[N+]1(C)C=CC=C1.O=S(=O)([N-]S(=O)(=O)C(F)(F)F)C(F)(F)F. The minimum absolute atomic E-state index is 0.778. The van der Waals surface area contributed by atoms with Crippen molar-refractivity contribution < 1.29 is 47.7 Å². The van der Waals surface area contributed by atoms with Gasteiger partial charge in [-0.25, -0.2) is 16.8 Å². The molecule has 0 amide bonds. The Balaban J connectivity index is 0.000000502. The van der Waals surface area contributed by atoms with Gasteiger partial charge in [0.2, 0.25) is 0 Å². The first-order valence-electron chi connectivity index (χ1n) is 5.56. The maximum Gasteiger partial charge on any atom is 0.480 e. The van der Waals surface area contributed by atoms with E-state index in [1.165, 1.54) is 0 Å². The number of quaternary nitrogens is 1. The molecule has 0 saturated carbocycles. The Labute approximate surface area is 128 Å². The van der Waals surface area contributed by atoms with Gasteiger partial charge in [0.1, 0.15) is 12.4 Å². The minimum Gasteiger partial charge on any atom is -0.421 e. The molecule has 0 saturated heterocycles. The Morgan fingerprint density at radius 2 is 1.17 bits per heavy atom. The van der Waals surface area contributed by atoms with Gasteiger partial charge in [-0.15, -0.1) is 0 Å².